The van der Waals surface area contributed by atoms with Crippen LogP contribution in [0.5, 0.6) is 11.5 Å². The second-order valence-electron chi connectivity index (χ2n) is 7.58. The molecule has 2 N–H and O–H groups in total. The smallest absolute Gasteiger partial charge is 0.325 e. The van der Waals surface area contributed by atoms with Crippen molar-refractivity contribution in [1.29, 1.82) is 0 Å². The maximum Gasteiger partial charge on any atom is 0.325 e. The van der Waals surface area contributed by atoms with Crippen LogP contribution in [0.3, 0.4) is 0 Å². The standard InChI is InChI=1S/C22H26N2O7S/c1-14(2)20(24-32(27,28)17-7-5-4-6-8-17)22(26)31-15(3)21(25)23-16-9-10-18-19(13-16)30-12-11-29-18/h4-10,13-15,20,24H,11-12H2,1-3H3,(H,23,25)/t15-,20+/m0/s1. The van der Waals surface area contributed by atoms with Gasteiger partial charge in [-0.1, -0.05) is 32.0 Å². The Hall–Kier alpha value is -3.11. The molecule has 2 aromatic carbocycles. The number of benzene rings is 2. The van der Waals surface area contributed by atoms with Gasteiger partial charge in [-0.3, -0.25) is 9.59 Å². The molecule has 0 radical (unpaired) electrons. The van der Waals surface area contributed by atoms with E-state index in [1.165, 1.54) is 19.1 Å². The van der Waals surface area contributed by atoms with Crippen molar-refractivity contribution in [2.45, 2.75) is 37.8 Å². The van der Waals surface area contributed by atoms with Gasteiger partial charge in [-0.2, -0.15) is 4.72 Å². The lowest BCUT2D eigenvalue weighted by atomic mass is 10.1. The Balaban J connectivity index is 1.63. The molecule has 0 aromatic heterocycles. The predicted molar refractivity (Wildman–Crippen MR) is 117 cm³/mol. The maximum atomic E-state index is 12.7. The Bertz CT molecular complexity index is 1070. The fourth-order valence-corrected chi connectivity index (χ4v) is 4.31. The van der Waals surface area contributed by atoms with Crippen molar-refractivity contribution >= 4 is 27.6 Å². The molecular formula is C22H26N2O7S. The summed E-state index contributed by atoms with van der Waals surface area (Å²) in [6, 6.07) is 11.5. The van der Waals surface area contributed by atoms with Crippen molar-refractivity contribution < 1.29 is 32.2 Å². The molecule has 3 rings (SSSR count). The van der Waals surface area contributed by atoms with Crippen molar-refractivity contribution in [3.63, 3.8) is 0 Å². The van der Waals surface area contributed by atoms with Crippen LogP contribution in [0.15, 0.2) is 53.4 Å². The maximum absolute atomic E-state index is 12.7. The molecule has 32 heavy (non-hydrogen) atoms. The zero-order valence-electron chi connectivity index (χ0n) is 18.0. The second-order valence-corrected chi connectivity index (χ2v) is 9.30. The molecule has 0 fully saturated rings. The molecule has 1 amide bonds. The predicted octanol–water partition coefficient (Wildman–Crippen LogP) is 2.33. The first-order chi connectivity index (χ1) is 15.2. The lowest BCUT2D eigenvalue weighted by molar-refractivity contribution is -0.155. The van der Waals surface area contributed by atoms with Crippen LogP contribution < -0.4 is 19.5 Å². The van der Waals surface area contributed by atoms with Crippen molar-refractivity contribution in [2.75, 3.05) is 18.5 Å². The Morgan fingerprint density at radius 1 is 0.969 bits per heavy atom. The van der Waals surface area contributed by atoms with E-state index < -0.39 is 40.0 Å². The van der Waals surface area contributed by atoms with Crippen molar-refractivity contribution in [3.05, 3.63) is 48.5 Å². The highest BCUT2D eigenvalue weighted by Crippen LogP contribution is 2.32. The van der Waals surface area contributed by atoms with E-state index in [-0.39, 0.29) is 4.90 Å². The first-order valence-corrected chi connectivity index (χ1v) is 11.6. The van der Waals surface area contributed by atoms with Crippen LogP contribution in [-0.4, -0.2) is 45.7 Å². The highest BCUT2D eigenvalue weighted by Gasteiger charge is 2.32. The summed E-state index contributed by atoms with van der Waals surface area (Å²) in [5.41, 5.74) is 0.451. The van der Waals surface area contributed by atoms with E-state index in [9.17, 15) is 18.0 Å². The van der Waals surface area contributed by atoms with Gasteiger partial charge in [-0.25, -0.2) is 8.42 Å². The molecule has 0 spiro atoms. The summed E-state index contributed by atoms with van der Waals surface area (Å²) in [5, 5.41) is 2.65. The average Bonchev–Trinajstić information content (AvgIpc) is 2.77. The quantitative estimate of drug-likeness (QED) is 0.578. The third-order valence-electron chi connectivity index (χ3n) is 4.73. The van der Waals surface area contributed by atoms with Crippen molar-refractivity contribution in [3.8, 4) is 11.5 Å². The van der Waals surface area contributed by atoms with E-state index in [0.717, 1.165) is 0 Å². The summed E-state index contributed by atoms with van der Waals surface area (Å²) in [4.78, 5) is 25.2. The van der Waals surface area contributed by atoms with Gasteiger partial charge in [0.1, 0.15) is 19.3 Å². The van der Waals surface area contributed by atoms with E-state index in [2.05, 4.69) is 10.0 Å². The molecule has 0 bridgehead atoms. The average molecular weight is 463 g/mol. The zero-order chi connectivity index (χ0) is 23.3. The number of fused-ring (bicyclic) bond motifs is 1. The zero-order valence-corrected chi connectivity index (χ0v) is 18.8. The van der Waals surface area contributed by atoms with Gasteiger partial charge in [0, 0.05) is 11.8 Å². The molecule has 0 saturated carbocycles. The number of carbonyl (C=O) groups is 2. The fraction of sp³-hybridized carbons (Fsp3) is 0.364. The third kappa shape index (κ3) is 5.77. The van der Waals surface area contributed by atoms with Gasteiger partial charge < -0.3 is 19.5 Å². The minimum atomic E-state index is -3.94. The van der Waals surface area contributed by atoms with Crippen LogP contribution in [0.4, 0.5) is 5.69 Å². The van der Waals surface area contributed by atoms with Gasteiger partial charge in [0.2, 0.25) is 10.0 Å². The minimum absolute atomic E-state index is 0.0304. The first kappa shape index (κ1) is 23.6. The Morgan fingerprint density at radius 3 is 2.28 bits per heavy atom. The molecule has 0 aliphatic carbocycles. The number of carbonyl (C=O) groups excluding carboxylic acids is 2. The van der Waals surface area contributed by atoms with Gasteiger partial charge in [0.05, 0.1) is 4.90 Å². The Morgan fingerprint density at radius 2 is 1.62 bits per heavy atom. The largest absolute Gasteiger partial charge is 0.486 e. The van der Waals surface area contributed by atoms with Gasteiger partial charge in [0.25, 0.3) is 5.91 Å². The van der Waals surface area contributed by atoms with Crippen molar-refractivity contribution in [1.82, 2.24) is 4.72 Å². The Labute approximate surface area is 187 Å². The van der Waals surface area contributed by atoms with E-state index >= 15 is 0 Å². The molecule has 1 aliphatic heterocycles. The van der Waals surface area contributed by atoms with Crippen LogP contribution in [0.1, 0.15) is 20.8 Å². The normalized spacial score (nSPS) is 15.0. The number of sulfonamides is 1. The molecule has 2 atom stereocenters. The molecule has 1 heterocycles. The van der Waals surface area contributed by atoms with Crippen LogP contribution in [0, 0.1) is 5.92 Å². The molecular weight excluding hydrogens is 436 g/mol. The summed E-state index contributed by atoms with van der Waals surface area (Å²) in [5.74, 6) is -0.727. The summed E-state index contributed by atoms with van der Waals surface area (Å²) in [7, 11) is -3.94. The van der Waals surface area contributed by atoms with Gasteiger partial charge in [-0.05, 0) is 37.1 Å². The number of anilines is 1. The number of amides is 1. The lowest BCUT2D eigenvalue weighted by Gasteiger charge is -2.23. The highest BCUT2D eigenvalue weighted by atomic mass is 32.2. The molecule has 1 aliphatic rings. The van der Waals surface area contributed by atoms with Gasteiger partial charge in [-0.15, -0.1) is 0 Å². The van der Waals surface area contributed by atoms with Gasteiger partial charge >= 0.3 is 5.97 Å². The third-order valence-corrected chi connectivity index (χ3v) is 6.19. The number of nitrogens with one attached hydrogen (secondary N) is 2. The van der Waals surface area contributed by atoms with Crippen LogP contribution >= 0.6 is 0 Å². The fourth-order valence-electron chi connectivity index (χ4n) is 2.96. The van der Waals surface area contributed by atoms with Crippen molar-refractivity contribution in [2.24, 2.45) is 5.92 Å². The minimum Gasteiger partial charge on any atom is -0.486 e. The SMILES string of the molecule is CC(C)[C@@H](NS(=O)(=O)c1ccccc1)C(=O)O[C@@H](C)C(=O)Nc1ccc2c(c1)OCCO2. The topological polar surface area (TPSA) is 120 Å². The van der Waals surface area contributed by atoms with E-state index in [0.29, 0.717) is 30.4 Å². The van der Waals surface area contributed by atoms with E-state index in [1.54, 1.807) is 50.2 Å². The molecule has 2 aromatic rings. The first-order valence-electron chi connectivity index (χ1n) is 10.2. The van der Waals surface area contributed by atoms with Gasteiger partial charge in [0.15, 0.2) is 17.6 Å². The monoisotopic (exact) mass is 462 g/mol. The second kappa shape index (κ2) is 10.0. The summed E-state index contributed by atoms with van der Waals surface area (Å²) in [6.07, 6.45) is -1.15. The number of ether oxygens (including phenoxy) is 3. The van der Waals surface area contributed by atoms with Crippen LogP contribution in [-0.2, 0) is 24.3 Å². The molecule has 0 unspecified atom stereocenters. The molecule has 172 valence electrons. The molecule has 10 heteroatoms. The summed E-state index contributed by atoms with van der Waals surface area (Å²) in [6.45, 7) is 5.64. The number of hydrogen-bond acceptors (Lipinski definition) is 7. The van der Waals surface area contributed by atoms with Crippen LogP contribution in [0.2, 0.25) is 0 Å². The number of rotatable bonds is 8. The van der Waals surface area contributed by atoms with E-state index in [1.807, 2.05) is 0 Å². The summed E-state index contributed by atoms with van der Waals surface area (Å²) >= 11 is 0. The van der Waals surface area contributed by atoms with Crippen LogP contribution in [0.25, 0.3) is 0 Å². The Kier molecular flexibility index (Phi) is 7.37. The summed E-state index contributed by atoms with van der Waals surface area (Å²) < 4.78 is 43.8. The lowest BCUT2D eigenvalue weighted by Crippen LogP contribution is -2.47. The van der Waals surface area contributed by atoms with E-state index in [4.69, 9.17) is 14.2 Å². The molecule has 0 saturated heterocycles. The molecule has 9 nitrogen and oxygen atoms in total. The number of hydrogen-bond donors (Lipinski definition) is 2. The number of esters is 1. The highest BCUT2D eigenvalue weighted by molar-refractivity contribution is 7.89.